The molecule has 1 aromatic heterocycles. The van der Waals surface area contributed by atoms with Crippen molar-refractivity contribution in [3.8, 4) is 5.75 Å². The molecule has 1 unspecified atom stereocenters. The first-order valence-corrected chi connectivity index (χ1v) is 8.45. The van der Waals surface area contributed by atoms with E-state index in [2.05, 4.69) is 5.10 Å². The zero-order valence-corrected chi connectivity index (χ0v) is 14.1. The Bertz CT molecular complexity index is 1120. The van der Waals surface area contributed by atoms with E-state index in [1.54, 1.807) is 12.3 Å². The molecule has 1 atom stereocenters. The van der Waals surface area contributed by atoms with E-state index in [1.807, 2.05) is 60.7 Å². The Morgan fingerprint density at radius 3 is 2.54 bits per heavy atom. The van der Waals surface area contributed by atoms with Crippen molar-refractivity contribution in [2.24, 2.45) is 0 Å². The summed E-state index contributed by atoms with van der Waals surface area (Å²) in [7, 11) is 0. The summed E-state index contributed by atoms with van der Waals surface area (Å²) in [6.07, 6.45) is 0.793. The molecular weight excluding hydrogens is 328 g/mol. The first-order valence-electron chi connectivity index (χ1n) is 8.45. The molecule has 1 heterocycles. The summed E-state index contributed by atoms with van der Waals surface area (Å²) in [6.45, 7) is 0.163. The Morgan fingerprint density at radius 1 is 0.962 bits per heavy atom. The number of ether oxygens (including phenoxy) is 1. The van der Waals surface area contributed by atoms with Gasteiger partial charge in [0.1, 0.15) is 18.5 Å². The number of aliphatic hydroxyl groups excluding tert-OH is 1. The number of benzene rings is 3. The molecule has 0 bridgehead atoms. The minimum atomic E-state index is -0.840. The number of aliphatic hydroxyl groups is 1. The molecule has 0 aliphatic rings. The molecule has 26 heavy (non-hydrogen) atoms. The van der Waals surface area contributed by atoms with Crippen molar-refractivity contribution in [3.63, 3.8) is 0 Å². The average Bonchev–Trinajstić information content (AvgIpc) is 2.68. The first-order chi connectivity index (χ1) is 12.7. The Kier molecular flexibility index (Phi) is 4.37. The molecule has 5 nitrogen and oxygen atoms in total. The standard InChI is InChI=1S/C21H18N2O3/c24-18(13-23-21(25)20-8-4-3-7-17(20)12-22-23)14-26-19-10-9-15-5-1-2-6-16(15)11-19/h1-12,18,24H,13-14H2. The molecule has 0 fully saturated rings. The second-order valence-electron chi connectivity index (χ2n) is 6.19. The van der Waals surface area contributed by atoms with Crippen LogP contribution in [0.3, 0.4) is 0 Å². The average molecular weight is 346 g/mol. The minimum absolute atomic E-state index is 0.0806. The van der Waals surface area contributed by atoms with E-state index in [9.17, 15) is 9.90 Å². The van der Waals surface area contributed by atoms with Crippen LogP contribution in [-0.2, 0) is 6.54 Å². The quantitative estimate of drug-likeness (QED) is 0.603. The van der Waals surface area contributed by atoms with Gasteiger partial charge < -0.3 is 9.84 Å². The van der Waals surface area contributed by atoms with Gasteiger partial charge in [-0.25, -0.2) is 4.68 Å². The molecular formula is C21H18N2O3. The summed E-state index contributed by atoms with van der Waals surface area (Å²) in [4.78, 5) is 12.4. The van der Waals surface area contributed by atoms with Crippen LogP contribution in [0, 0.1) is 0 Å². The lowest BCUT2D eigenvalue weighted by molar-refractivity contribution is 0.0882. The maximum absolute atomic E-state index is 12.4. The Labute approximate surface area is 150 Å². The minimum Gasteiger partial charge on any atom is -0.491 e. The molecule has 0 radical (unpaired) electrons. The molecule has 4 rings (SSSR count). The van der Waals surface area contributed by atoms with Gasteiger partial charge in [-0.05, 0) is 29.0 Å². The maximum atomic E-state index is 12.4. The van der Waals surface area contributed by atoms with E-state index in [1.165, 1.54) is 4.68 Å². The predicted molar refractivity (Wildman–Crippen MR) is 101 cm³/mol. The highest BCUT2D eigenvalue weighted by Crippen LogP contribution is 2.20. The fourth-order valence-electron chi connectivity index (χ4n) is 2.96. The summed E-state index contributed by atoms with van der Waals surface area (Å²) < 4.78 is 6.96. The van der Waals surface area contributed by atoms with Crippen molar-refractivity contribution < 1.29 is 9.84 Å². The van der Waals surface area contributed by atoms with Crippen LogP contribution in [-0.4, -0.2) is 27.6 Å². The molecule has 130 valence electrons. The van der Waals surface area contributed by atoms with Crippen LogP contribution in [0.15, 0.2) is 77.7 Å². The first kappa shape index (κ1) is 16.3. The fraction of sp³-hybridized carbons (Fsp3) is 0.143. The van der Waals surface area contributed by atoms with Gasteiger partial charge in [0.2, 0.25) is 0 Å². The van der Waals surface area contributed by atoms with Crippen molar-refractivity contribution in [2.45, 2.75) is 12.6 Å². The van der Waals surface area contributed by atoms with Crippen LogP contribution in [0.5, 0.6) is 5.75 Å². The second-order valence-corrected chi connectivity index (χ2v) is 6.19. The third-order valence-electron chi connectivity index (χ3n) is 4.31. The molecule has 0 amide bonds. The lowest BCUT2D eigenvalue weighted by Gasteiger charge is -2.14. The van der Waals surface area contributed by atoms with Gasteiger partial charge in [0.25, 0.3) is 5.56 Å². The van der Waals surface area contributed by atoms with Crippen molar-refractivity contribution >= 4 is 21.5 Å². The molecule has 0 saturated carbocycles. The highest BCUT2D eigenvalue weighted by Gasteiger charge is 2.10. The van der Waals surface area contributed by atoms with Crippen molar-refractivity contribution in [3.05, 3.63) is 83.3 Å². The van der Waals surface area contributed by atoms with E-state index < -0.39 is 6.10 Å². The molecule has 0 aliphatic heterocycles. The smallest absolute Gasteiger partial charge is 0.274 e. The Balaban J connectivity index is 1.46. The number of hydrogen-bond donors (Lipinski definition) is 1. The number of hydrogen-bond acceptors (Lipinski definition) is 4. The molecule has 4 aromatic rings. The van der Waals surface area contributed by atoms with Crippen LogP contribution >= 0.6 is 0 Å². The van der Waals surface area contributed by atoms with Gasteiger partial charge in [0.05, 0.1) is 18.1 Å². The van der Waals surface area contributed by atoms with Crippen molar-refractivity contribution in [2.75, 3.05) is 6.61 Å². The van der Waals surface area contributed by atoms with Crippen LogP contribution < -0.4 is 10.3 Å². The van der Waals surface area contributed by atoms with Gasteiger partial charge in [0.15, 0.2) is 0 Å². The van der Waals surface area contributed by atoms with E-state index >= 15 is 0 Å². The lowest BCUT2D eigenvalue weighted by Crippen LogP contribution is -2.31. The van der Waals surface area contributed by atoms with Crippen molar-refractivity contribution in [1.29, 1.82) is 0 Å². The molecule has 0 spiro atoms. The summed E-state index contributed by atoms with van der Waals surface area (Å²) in [6, 6.07) is 21.1. The molecule has 5 heteroatoms. The topological polar surface area (TPSA) is 64.4 Å². The molecule has 1 N–H and O–H groups in total. The van der Waals surface area contributed by atoms with E-state index in [0.29, 0.717) is 11.1 Å². The van der Waals surface area contributed by atoms with E-state index in [0.717, 1.165) is 16.2 Å². The van der Waals surface area contributed by atoms with Crippen LogP contribution in [0.1, 0.15) is 0 Å². The molecule has 0 saturated heterocycles. The van der Waals surface area contributed by atoms with Crippen LogP contribution in [0.2, 0.25) is 0 Å². The third kappa shape index (κ3) is 3.30. The monoisotopic (exact) mass is 346 g/mol. The van der Waals surface area contributed by atoms with Crippen LogP contribution in [0.4, 0.5) is 0 Å². The largest absolute Gasteiger partial charge is 0.491 e. The van der Waals surface area contributed by atoms with Gasteiger partial charge in [-0.3, -0.25) is 4.79 Å². The predicted octanol–water partition coefficient (Wildman–Crippen LogP) is 2.99. The second kappa shape index (κ2) is 6.98. The SMILES string of the molecule is O=c1c2ccccc2cnn1CC(O)COc1ccc2ccccc2c1. The molecule has 3 aromatic carbocycles. The van der Waals surface area contributed by atoms with Crippen LogP contribution in [0.25, 0.3) is 21.5 Å². The highest BCUT2D eigenvalue weighted by atomic mass is 16.5. The summed E-state index contributed by atoms with van der Waals surface area (Å²) >= 11 is 0. The van der Waals surface area contributed by atoms with Gasteiger partial charge in [0, 0.05) is 5.39 Å². The number of aromatic nitrogens is 2. The lowest BCUT2D eigenvalue weighted by atomic mass is 10.1. The van der Waals surface area contributed by atoms with Crippen molar-refractivity contribution in [1.82, 2.24) is 9.78 Å². The Hall–Kier alpha value is -3.18. The fourth-order valence-corrected chi connectivity index (χ4v) is 2.96. The Morgan fingerprint density at radius 2 is 1.69 bits per heavy atom. The number of fused-ring (bicyclic) bond motifs is 2. The highest BCUT2D eigenvalue weighted by molar-refractivity contribution is 5.83. The summed E-state index contributed by atoms with van der Waals surface area (Å²) in [5.74, 6) is 0.682. The molecule has 0 aliphatic carbocycles. The normalized spacial score (nSPS) is 12.3. The zero-order chi connectivity index (χ0) is 17.9. The maximum Gasteiger partial charge on any atom is 0.274 e. The zero-order valence-electron chi connectivity index (χ0n) is 14.1. The van der Waals surface area contributed by atoms with E-state index in [4.69, 9.17) is 4.74 Å². The van der Waals surface area contributed by atoms with Gasteiger partial charge in [-0.1, -0.05) is 48.5 Å². The van der Waals surface area contributed by atoms with Gasteiger partial charge in [-0.2, -0.15) is 5.10 Å². The number of nitrogens with zero attached hydrogens (tertiary/aromatic N) is 2. The number of rotatable bonds is 5. The summed E-state index contributed by atoms with van der Waals surface area (Å²) in [5.41, 5.74) is -0.215. The third-order valence-corrected chi connectivity index (χ3v) is 4.31. The summed E-state index contributed by atoms with van der Waals surface area (Å²) in [5, 5.41) is 18.0. The van der Waals surface area contributed by atoms with E-state index in [-0.39, 0.29) is 18.7 Å². The van der Waals surface area contributed by atoms with Gasteiger partial charge >= 0.3 is 0 Å². The van der Waals surface area contributed by atoms with Gasteiger partial charge in [-0.15, -0.1) is 0 Å².